The van der Waals surface area contributed by atoms with Crippen LogP contribution in [0.15, 0.2) is 36.9 Å². The molecule has 2 rings (SSSR count). The quantitative estimate of drug-likeness (QED) is 0.607. The van der Waals surface area contributed by atoms with Gasteiger partial charge in [0.2, 0.25) is 0 Å². The van der Waals surface area contributed by atoms with E-state index in [-0.39, 0.29) is 12.1 Å². The lowest BCUT2D eigenvalue weighted by molar-refractivity contribution is -0.137. The van der Waals surface area contributed by atoms with Crippen molar-refractivity contribution in [3.05, 3.63) is 48.0 Å². The molecular formula is C15H18F3NOS. The lowest BCUT2D eigenvalue weighted by Crippen LogP contribution is -2.28. The fraction of sp³-hybridized carbons (Fsp3) is 0.467. The minimum Gasteiger partial charge on any atom is -0.242 e. The van der Waals surface area contributed by atoms with Crippen LogP contribution in [0, 0.1) is 0 Å². The zero-order valence-corrected chi connectivity index (χ0v) is 13.0. The normalized spacial score (nSPS) is 27.2. The molecule has 1 saturated heterocycles. The smallest absolute Gasteiger partial charge is 0.242 e. The van der Waals surface area contributed by atoms with E-state index in [9.17, 15) is 17.4 Å². The van der Waals surface area contributed by atoms with Gasteiger partial charge in [0.05, 0.1) is 22.4 Å². The van der Waals surface area contributed by atoms with Gasteiger partial charge in [0.15, 0.2) is 0 Å². The highest BCUT2D eigenvalue weighted by Crippen LogP contribution is 2.47. The summed E-state index contributed by atoms with van der Waals surface area (Å²) in [5.41, 5.74) is 0.0519. The molecule has 0 bridgehead atoms. The number of halogens is 3. The molecule has 1 heterocycles. The van der Waals surface area contributed by atoms with Crippen LogP contribution in [0.1, 0.15) is 37.9 Å². The van der Waals surface area contributed by atoms with Crippen molar-refractivity contribution < 1.29 is 17.4 Å². The maximum Gasteiger partial charge on any atom is 0.416 e. The molecule has 0 aromatic heterocycles. The lowest BCUT2D eigenvalue weighted by atomic mass is 10.1. The van der Waals surface area contributed by atoms with Gasteiger partial charge in [-0.2, -0.15) is 13.2 Å². The van der Waals surface area contributed by atoms with Crippen molar-refractivity contribution in [2.45, 2.75) is 43.8 Å². The van der Waals surface area contributed by atoms with Crippen LogP contribution in [-0.4, -0.2) is 19.3 Å². The molecule has 21 heavy (non-hydrogen) atoms. The largest absolute Gasteiger partial charge is 0.416 e. The van der Waals surface area contributed by atoms with Gasteiger partial charge in [0, 0.05) is 0 Å². The van der Waals surface area contributed by atoms with E-state index in [4.69, 9.17) is 0 Å². The van der Waals surface area contributed by atoms with Gasteiger partial charge in [-0.15, -0.1) is 6.58 Å². The second-order valence-electron chi connectivity index (χ2n) is 6.01. The standard InChI is InChI=1S/C15H18F3NOS/c1-5-12-13(19(12)21(20)14(2,3)4)10-6-8-11(9-7-10)15(16,17)18/h5-9,12-13H,1H2,2-4H3/t12-,13-,19?,21?/m1/s1. The molecule has 0 amide bonds. The summed E-state index contributed by atoms with van der Waals surface area (Å²) in [5.74, 6) is 0. The van der Waals surface area contributed by atoms with Crippen LogP contribution in [0.5, 0.6) is 0 Å². The summed E-state index contributed by atoms with van der Waals surface area (Å²) in [6.45, 7) is 9.31. The Morgan fingerprint density at radius 1 is 1.19 bits per heavy atom. The highest BCUT2D eigenvalue weighted by Gasteiger charge is 2.52. The molecule has 0 radical (unpaired) electrons. The van der Waals surface area contributed by atoms with E-state index in [1.165, 1.54) is 12.1 Å². The van der Waals surface area contributed by atoms with Crippen molar-refractivity contribution >= 4 is 11.0 Å². The van der Waals surface area contributed by atoms with Crippen LogP contribution in [0.2, 0.25) is 0 Å². The number of alkyl halides is 3. The third kappa shape index (κ3) is 3.21. The fourth-order valence-corrected chi connectivity index (χ4v) is 3.66. The molecule has 1 aromatic carbocycles. The molecule has 1 fully saturated rings. The Bertz CT molecular complexity index is 560. The molecule has 1 aromatic rings. The molecule has 0 N–H and O–H groups in total. The van der Waals surface area contributed by atoms with E-state index in [1.54, 1.807) is 10.4 Å². The third-order valence-corrected chi connectivity index (χ3v) is 5.24. The molecule has 0 spiro atoms. The molecule has 1 aliphatic rings. The van der Waals surface area contributed by atoms with E-state index in [0.717, 1.165) is 17.7 Å². The highest BCUT2D eigenvalue weighted by molar-refractivity contribution is 7.84. The Morgan fingerprint density at radius 2 is 1.71 bits per heavy atom. The van der Waals surface area contributed by atoms with E-state index >= 15 is 0 Å². The predicted octanol–water partition coefficient (Wildman–Crippen LogP) is 4.08. The summed E-state index contributed by atoms with van der Waals surface area (Å²) in [6.07, 6.45) is -2.65. The zero-order chi connectivity index (χ0) is 16.0. The van der Waals surface area contributed by atoms with Crippen LogP contribution in [0.25, 0.3) is 0 Å². The predicted molar refractivity (Wildman–Crippen MR) is 77.9 cm³/mol. The van der Waals surface area contributed by atoms with E-state index in [2.05, 4.69) is 6.58 Å². The van der Waals surface area contributed by atoms with Crippen molar-refractivity contribution in [1.29, 1.82) is 0 Å². The maximum atomic E-state index is 12.6. The Labute approximate surface area is 125 Å². The number of rotatable bonds is 3. The second-order valence-corrected chi connectivity index (χ2v) is 8.16. The summed E-state index contributed by atoms with van der Waals surface area (Å²) >= 11 is 0. The monoisotopic (exact) mass is 317 g/mol. The van der Waals surface area contributed by atoms with Crippen molar-refractivity contribution in [3.63, 3.8) is 0 Å². The molecule has 2 nitrogen and oxygen atoms in total. The highest BCUT2D eigenvalue weighted by atomic mass is 32.2. The molecule has 6 heteroatoms. The van der Waals surface area contributed by atoms with Gasteiger partial charge < -0.3 is 0 Å². The maximum absolute atomic E-state index is 12.6. The van der Waals surface area contributed by atoms with Crippen molar-refractivity contribution in [1.82, 2.24) is 4.31 Å². The van der Waals surface area contributed by atoms with E-state index in [1.807, 2.05) is 20.8 Å². The second kappa shape index (κ2) is 5.25. The van der Waals surface area contributed by atoms with Crippen molar-refractivity contribution in [2.24, 2.45) is 0 Å². The molecule has 0 aliphatic carbocycles. The van der Waals surface area contributed by atoms with Crippen LogP contribution in [0.4, 0.5) is 13.2 Å². The van der Waals surface area contributed by atoms with Crippen LogP contribution < -0.4 is 0 Å². The third-order valence-electron chi connectivity index (χ3n) is 3.34. The molecule has 0 saturated carbocycles. The first kappa shape index (κ1) is 16.2. The van der Waals surface area contributed by atoms with Crippen LogP contribution in [-0.2, 0) is 17.2 Å². The summed E-state index contributed by atoms with van der Waals surface area (Å²) in [6, 6.07) is 4.76. The summed E-state index contributed by atoms with van der Waals surface area (Å²) in [4.78, 5) is 0. The number of benzene rings is 1. The van der Waals surface area contributed by atoms with Crippen molar-refractivity contribution in [2.75, 3.05) is 0 Å². The Balaban J connectivity index is 2.23. The zero-order valence-electron chi connectivity index (χ0n) is 12.1. The Kier molecular flexibility index (Phi) is 4.06. The van der Waals surface area contributed by atoms with Gasteiger partial charge in [0.25, 0.3) is 0 Å². The number of nitrogens with zero attached hydrogens (tertiary/aromatic N) is 1. The molecule has 2 unspecified atom stereocenters. The fourth-order valence-electron chi connectivity index (χ4n) is 2.20. The van der Waals surface area contributed by atoms with Crippen LogP contribution >= 0.6 is 0 Å². The average molecular weight is 317 g/mol. The minimum absolute atomic E-state index is 0.0956. The first-order valence-corrected chi connectivity index (χ1v) is 7.68. The van der Waals surface area contributed by atoms with E-state index in [0.29, 0.717) is 0 Å². The summed E-state index contributed by atoms with van der Waals surface area (Å²) < 4.78 is 51.5. The van der Waals surface area contributed by atoms with Gasteiger partial charge in [-0.05, 0) is 38.5 Å². The SMILES string of the molecule is C=C[C@@H]1[C@@H](c2ccc(C(F)(F)F)cc2)N1S(=O)C(C)(C)C. The summed E-state index contributed by atoms with van der Waals surface area (Å²) in [5, 5.41) is 0. The van der Waals surface area contributed by atoms with Crippen molar-refractivity contribution in [3.8, 4) is 0 Å². The molecule has 4 atom stereocenters. The van der Waals surface area contributed by atoms with Gasteiger partial charge >= 0.3 is 6.18 Å². The van der Waals surface area contributed by atoms with E-state index < -0.39 is 27.5 Å². The van der Waals surface area contributed by atoms with Gasteiger partial charge in [-0.1, -0.05) is 18.2 Å². The Hall–Kier alpha value is -1.14. The minimum atomic E-state index is -4.34. The Morgan fingerprint density at radius 3 is 2.10 bits per heavy atom. The number of hydrogen-bond donors (Lipinski definition) is 0. The topological polar surface area (TPSA) is 20.1 Å². The average Bonchev–Trinajstić information content (AvgIpc) is 3.09. The van der Waals surface area contributed by atoms with Crippen LogP contribution in [0.3, 0.4) is 0 Å². The molecule has 116 valence electrons. The number of hydrogen-bond acceptors (Lipinski definition) is 1. The van der Waals surface area contributed by atoms with Gasteiger partial charge in [-0.3, -0.25) is 0 Å². The lowest BCUT2D eigenvalue weighted by Gasteiger charge is -2.18. The van der Waals surface area contributed by atoms with Gasteiger partial charge in [0.1, 0.15) is 11.0 Å². The molecular weight excluding hydrogens is 299 g/mol. The first-order chi connectivity index (χ1) is 9.57. The summed E-state index contributed by atoms with van der Waals surface area (Å²) in [7, 11) is -1.22. The first-order valence-electron chi connectivity index (χ1n) is 6.57. The van der Waals surface area contributed by atoms with Gasteiger partial charge in [-0.25, -0.2) is 8.51 Å². The molecule has 1 aliphatic heterocycles.